The molecule has 0 aliphatic heterocycles. The Hall–Kier alpha value is -1.56. The first-order valence-electron chi connectivity index (χ1n) is 5.64. The van der Waals surface area contributed by atoms with Gasteiger partial charge in [0, 0.05) is 18.6 Å². The summed E-state index contributed by atoms with van der Waals surface area (Å²) in [6, 6.07) is 6.98. The molecule has 19 heavy (non-hydrogen) atoms. The molecule has 0 radical (unpaired) electrons. The van der Waals surface area contributed by atoms with Gasteiger partial charge >= 0.3 is 0 Å². The number of carbonyl (C=O) groups is 1. The number of amides is 1. The highest BCUT2D eigenvalue weighted by atomic mass is 35.5. The van der Waals surface area contributed by atoms with Crippen LogP contribution in [0.2, 0.25) is 5.02 Å². The molecule has 0 spiro atoms. The fourth-order valence-electron chi connectivity index (χ4n) is 1.75. The molecule has 0 unspecified atom stereocenters. The van der Waals surface area contributed by atoms with Crippen molar-refractivity contribution in [3.05, 3.63) is 51.2 Å². The number of hydrogen-bond donors (Lipinski definition) is 2. The highest BCUT2D eigenvalue weighted by Gasteiger charge is 2.16. The van der Waals surface area contributed by atoms with Crippen LogP contribution in [-0.2, 0) is 6.54 Å². The van der Waals surface area contributed by atoms with Gasteiger partial charge in [-0.3, -0.25) is 10.6 Å². The van der Waals surface area contributed by atoms with Crippen molar-refractivity contribution in [3.8, 4) is 0 Å². The molecular formula is C13H14ClN3OS. The molecule has 0 aliphatic rings. The minimum atomic E-state index is -0.123. The molecular weight excluding hydrogens is 282 g/mol. The lowest BCUT2D eigenvalue weighted by molar-refractivity contribution is 0.0786. The number of rotatable bonds is 4. The Balaban J connectivity index is 2.21. The Morgan fingerprint density at radius 3 is 2.89 bits per heavy atom. The van der Waals surface area contributed by atoms with Gasteiger partial charge in [0.2, 0.25) is 0 Å². The largest absolute Gasteiger partial charge is 0.337 e. The van der Waals surface area contributed by atoms with E-state index in [0.717, 1.165) is 5.56 Å². The standard InChI is InChI=1S/C13H14ClN3OS/c1-17(7-9-4-5-19-8-9)13(18)11-6-10(14)2-3-12(11)16-15/h2-6,8,16H,7,15H2,1H3. The molecule has 1 heterocycles. The molecule has 100 valence electrons. The normalized spacial score (nSPS) is 10.3. The molecule has 0 atom stereocenters. The summed E-state index contributed by atoms with van der Waals surface area (Å²) < 4.78 is 0. The molecule has 1 amide bonds. The Morgan fingerprint density at radius 1 is 1.47 bits per heavy atom. The number of nitrogens with zero attached hydrogens (tertiary/aromatic N) is 1. The fraction of sp³-hybridized carbons (Fsp3) is 0.154. The number of hydrogen-bond acceptors (Lipinski definition) is 4. The average Bonchev–Trinajstić information content (AvgIpc) is 2.90. The zero-order valence-electron chi connectivity index (χ0n) is 10.4. The van der Waals surface area contributed by atoms with Gasteiger partial charge in [-0.05, 0) is 40.6 Å². The van der Waals surface area contributed by atoms with Crippen LogP contribution in [0.4, 0.5) is 5.69 Å². The molecule has 1 aromatic carbocycles. The summed E-state index contributed by atoms with van der Waals surface area (Å²) in [5.74, 6) is 5.29. The third kappa shape index (κ3) is 3.26. The van der Waals surface area contributed by atoms with Gasteiger partial charge in [0.15, 0.2) is 0 Å². The molecule has 0 saturated carbocycles. The summed E-state index contributed by atoms with van der Waals surface area (Å²) in [4.78, 5) is 14.0. The van der Waals surface area contributed by atoms with Gasteiger partial charge in [0.05, 0.1) is 11.3 Å². The van der Waals surface area contributed by atoms with Gasteiger partial charge in [-0.15, -0.1) is 0 Å². The van der Waals surface area contributed by atoms with E-state index in [0.29, 0.717) is 22.8 Å². The molecule has 6 heteroatoms. The first-order chi connectivity index (χ1) is 9.11. The van der Waals surface area contributed by atoms with Crippen molar-refractivity contribution >= 4 is 34.5 Å². The number of halogens is 1. The molecule has 3 N–H and O–H groups in total. The van der Waals surface area contributed by atoms with Crippen molar-refractivity contribution in [3.63, 3.8) is 0 Å². The number of anilines is 1. The topological polar surface area (TPSA) is 58.4 Å². The van der Waals surface area contributed by atoms with Crippen molar-refractivity contribution < 1.29 is 4.79 Å². The van der Waals surface area contributed by atoms with Crippen LogP contribution in [0.1, 0.15) is 15.9 Å². The van der Waals surface area contributed by atoms with Crippen molar-refractivity contribution in [1.29, 1.82) is 0 Å². The number of nitrogens with one attached hydrogen (secondary N) is 1. The number of benzene rings is 1. The minimum absolute atomic E-state index is 0.123. The molecule has 0 fully saturated rings. The number of nitrogens with two attached hydrogens (primary N) is 1. The van der Waals surface area contributed by atoms with Gasteiger partial charge < -0.3 is 10.3 Å². The van der Waals surface area contributed by atoms with Crippen molar-refractivity contribution in [1.82, 2.24) is 4.90 Å². The third-order valence-corrected chi connectivity index (χ3v) is 3.68. The van der Waals surface area contributed by atoms with Gasteiger partial charge in [0.1, 0.15) is 0 Å². The molecule has 4 nitrogen and oxygen atoms in total. The van der Waals surface area contributed by atoms with Crippen molar-refractivity contribution in [2.75, 3.05) is 12.5 Å². The van der Waals surface area contributed by atoms with Gasteiger partial charge in [-0.2, -0.15) is 11.3 Å². The lowest BCUT2D eigenvalue weighted by atomic mass is 10.1. The summed E-state index contributed by atoms with van der Waals surface area (Å²) in [5, 5.41) is 4.51. The molecule has 1 aromatic heterocycles. The number of thiophene rings is 1. The minimum Gasteiger partial charge on any atom is -0.337 e. The maximum atomic E-state index is 12.4. The van der Waals surface area contributed by atoms with E-state index in [4.69, 9.17) is 17.4 Å². The van der Waals surface area contributed by atoms with Crippen LogP contribution < -0.4 is 11.3 Å². The van der Waals surface area contributed by atoms with E-state index >= 15 is 0 Å². The predicted molar refractivity (Wildman–Crippen MR) is 79.4 cm³/mol. The van der Waals surface area contributed by atoms with E-state index in [2.05, 4.69) is 5.43 Å². The zero-order valence-corrected chi connectivity index (χ0v) is 12.0. The summed E-state index contributed by atoms with van der Waals surface area (Å²) in [6.07, 6.45) is 0. The van der Waals surface area contributed by atoms with E-state index in [1.165, 1.54) is 0 Å². The second-order valence-corrected chi connectivity index (χ2v) is 5.34. The van der Waals surface area contributed by atoms with Crippen LogP contribution in [0.3, 0.4) is 0 Å². The zero-order chi connectivity index (χ0) is 13.8. The lowest BCUT2D eigenvalue weighted by Crippen LogP contribution is -2.27. The molecule has 0 aliphatic carbocycles. The number of nitrogen functional groups attached to an aromatic ring is 1. The van der Waals surface area contributed by atoms with Crippen LogP contribution in [0.15, 0.2) is 35.0 Å². The molecule has 2 rings (SSSR count). The molecule has 0 saturated heterocycles. The third-order valence-electron chi connectivity index (χ3n) is 2.71. The van der Waals surface area contributed by atoms with E-state index in [-0.39, 0.29) is 5.91 Å². The van der Waals surface area contributed by atoms with Crippen LogP contribution in [0, 0.1) is 0 Å². The Labute approximate surface area is 120 Å². The van der Waals surface area contributed by atoms with E-state index in [1.54, 1.807) is 41.5 Å². The van der Waals surface area contributed by atoms with Crippen LogP contribution in [0.5, 0.6) is 0 Å². The predicted octanol–water partition coefficient (Wildman–Crippen LogP) is 2.96. The van der Waals surface area contributed by atoms with Crippen molar-refractivity contribution in [2.24, 2.45) is 5.84 Å². The van der Waals surface area contributed by atoms with Crippen LogP contribution in [0.25, 0.3) is 0 Å². The molecule has 2 aromatic rings. The van der Waals surface area contributed by atoms with Gasteiger partial charge in [0.25, 0.3) is 5.91 Å². The van der Waals surface area contributed by atoms with E-state index in [9.17, 15) is 4.79 Å². The maximum absolute atomic E-state index is 12.4. The van der Waals surface area contributed by atoms with Crippen LogP contribution >= 0.6 is 22.9 Å². The number of hydrazine groups is 1. The Morgan fingerprint density at radius 2 is 2.26 bits per heavy atom. The first-order valence-corrected chi connectivity index (χ1v) is 6.96. The summed E-state index contributed by atoms with van der Waals surface area (Å²) in [5.41, 5.74) is 4.64. The van der Waals surface area contributed by atoms with Gasteiger partial charge in [-0.25, -0.2) is 0 Å². The number of carbonyl (C=O) groups excluding carboxylic acids is 1. The van der Waals surface area contributed by atoms with Crippen molar-refractivity contribution in [2.45, 2.75) is 6.54 Å². The fourth-order valence-corrected chi connectivity index (χ4v) is 2.59. The molecule has 0 bridgehead atoms. The highest BCUT2D eigenvalue weighted by Crippen LogP contribution is 2.22. The summed E-state index contributed by atoms with van der Waals surface area (Å²) in [7, 11) is 1.75. The quantitative estimate of drug-likeness (QED) is 0.673. The summed E-state index contributed by atoms with van der Waals surface area (Å²) in [6.45, 7) is 0.554. The maximum Gasteiger partial charge on any atom is 0.256 e. The highest BCUT2D eigenvalue weighted by molar-refractivity contribution is 7.07. The second kappa shape index (κ2) is 6.06. The SMILES string of the molecule is CN(Cc1ccsc1)C(=O)c1cc(Cl)ccc1NN. The monoisotopic (exact) mass is 295 g/mol. The van der Waals surface area contributed by atoms with E-state index < -0.39 is 0 Å². The second-order valence-electron chi connectivity index (χ2n) is 4.13. The van der Waals surface area contributed by atoms with Gasteiger partial charge in [-0.1, -0.05) is 11.6 Å². The smallest absolute Gasteiger partial charge is 0.256 e. The Bertz CT molecular complexity index is 571. The first kappa shape index (κ1) is 13.9. The lowest BCUT2D eigenvalue weighted by Gasteiger charge is -2.18. The summed E-state index contributed by atoms with van der Waals surface area (Å²) >= 11 is 7.54. The average molecular weight is 296 g/mol. The Kier molecular flexibility index (Phi) is 4.42. The van der Waals surface area contributed by atoms with Crippen LogP contribution in [-0.4, -0.2) is 17.9 Å². The van der Waals surface area contributed by atoms with E-state index in [1.807, 2.05) is 16.8 Å².